The Labute approximate surface area is 86.3 Å². The molecule has 1 atom stereocenters. The number of likely N-dealkylation sites (tertiary alicyclic amines) is 1. The zero-order valence-electron chi connectivity index (χ0n) is 8.91. The maximum Gasteiger partial charge on any atom is 0.0774 e. The van der Waals surface area contributed by atoms with E-state index in [1.165, 1.54) is 19.3 Å². The third-order valence-corrected chi connectivity index (χ3v) is 3.59. The topological polar surface area (TPSA) is 49.5 Å². The molecular weight excluding hydrogens is 176 g/mol. The molecule has 2 aliphatic rings. The first-order chi connectivity index (χ1) is 6.68. The molecule has 1 aliphatic carbocycles. The minimum atomic E-state index is -0.392. The first-order valence-electron chi connectivity index (χ1n) is 5.88. The van der Waals surface area contributed by atoms with E-state index in [2.05, 4.69) is 4.90 Å². The highest BCUT2D eigenvalue weighted by atomic mass is 16.3. The molecule has 0 bridgehead atoms. The van der Waals surface area contributed by atoms with Gasteiger partial charge < -0.3 is 10.8 Å². The molecule has 0 radical (unpaired) electrons. The van der Waals surface area contributed by atoms with Crippen LogP contribution in [0.3, 0.4) is 0 Å². The van der Waals surface area contributed by atoms with E-state index in [1.807, 2.05) is 0 Å². The Kier molecular flexibility index (Phi) is 3.10. The maximum atomic E-state index is 10.2. The van der Waals surface area contributed by atoms with Gasteiger partial charge in [-0.25, -0.2) is 0 Å². The summed E-state index contributed by atoms with van der Waals surface area (Å²) in [5, 5.41) is 10.2. The van der Waals surface area contributed by atoms with Crippen LogP contribution in [0.2, 0.25) is 0 Å². The van der Waals surface area contributed by atoms with Gasteiger partial charge >= 0.3 is 0 Å². The Hall–Kier alpha value is -0.120. The van der Waals surface area contributed by atoms with Crippen LogP contribution < -0.4 is 5.73 Å². The summed E-state index contributed by atoms with van der Waals surface area (Å²) in [5.74, 6) is 0. The molecule has 0 spiro atoms. The zero-order valence-corrected chi connectivity index (χ0v) is 8.91. The van der Waals surface area contributed by atoms with Crippen molar-refractivity contribution in [2.45, 2.75) is 50.2 Å². The third-order valence-electron chi connectivity index (χ3n) is 3.59. The summed E-state index contributed by atoms with van der Waals surface area (Å²) in [4.78, 5) is 2.35. The predicted octanol–water partition coefficient (Wildman–Crippen LogP) is 0.715. The van der Waals surface area contributed by atoms with E-state index in [4.69, 9.17) is 5.73 Å². The van der Waals surface area contributed by atoms with E-state index < -0.39 is 5.60 Å². The predicted molar refractivity (Wildman–Crippen MR) is 57.1 cm³/mol. The number of rotatable bonds is 2. The fourth-order valence-electron chi connectivity index (χ4n) is 2.84. The highest BCUT2D eigenvalue weighted by molar-refractivity contribution is 4.89. The van der Waals surface area contributed by atoms with Crippen molar-refractivity contribution in [1.82, 2.24) is 4.90 Å². The lowest BCUT2D eigenvalue weighted by atomic mass is 9.99. The number of aliphatic hydroxyl groups is 1. The number of nitrogens with two attached hydrogens (primary N) is 1. The Morgan fingerprint density at radius 1 is 1.29 bits per heavy atom. The van der Waals surface area contributed by atoms with Gasteiger partial charge in [0.15, 0.2) is 0 Å². The molecule has 14 heavy (non-hydrogen) atoms. The van der Waals surface area contributed by atoms with Crippen molar-refractivity contribution >= 4 is 0 Å². The van der Waals surface area contributed by atoms with Gasteiger partial charge in [0, 0.05) is 19.1 Å². The molecule has 3 heteroatoms. The van der Waals surface area contributed by atoms with Gasteiger partial charge in [0.1, 0.15) is 0 Å². The highest BCUT2D eigenvalue weighted by Crippen LogP contribution is 2.30. The molecule has 82 valence electrons. The van der Waals surface area contributed by atoms with Crippen LogP contribution in [0.4, 0.5) is 0 Å². The third kappa shape index (κ3) is 2.47. The van der Waals surface area contributed by atoms with Gasteiger partial charge in [0.25, 0.3) is 0 Å². The standard InChI is InChI=1S/C11H22N2O/c12-10-4-3-7-13(8-10)9-11(14)5-1-2-6-11/h10,14H,1-9,12H2. The van der Waals surface area contributed by atoms with Crippen LogP contribution in [0.1, 0.15) is 38.5 Å². The van der Waals surface area contributed by atoms with Crippen LogP contribution in [0.15, 0.2) is 0 Å². The number of piperidine rings is 1. The van der Waals surface area contributed by atoms with Gasteiger partial charge in [-0.05, 0) is 32.2 Å². The van der Waals surface area contributed by atoms with Gasteiger partial charge in [0.2, 0.25) is 0 Å². The van der Waals surface area contributed by atoms with E-state index in [1.54, 1.807) is 0 Å². The Morgan fingerprint density at radius 3 is 2.64 bits per heavy atom. The van der Waals surface area contributed by atoms with Crippen molar-refractivity contribution in [2.75, 3.05) is 19.6 Å². The Bertz CT molecular complexity index is 190. The van der Waals surface area contributed by atoms with Crippen molar-refractivity contribution in [3.8, 4) is 0 Å². The monoisotopic (exact) mass is 198 g/mol. The second-order valence-corrected chi connectivity index (χ2v) is 5.07. The average molecular weight is 198 g/mol. The Morgan fingerprint density at radius 2 is 2.00 bits per heavy atom. The van der Waals surface area contributed by atoms with Crippen molar-refractivity contribution in [3.63, 3.8) is 0 Å². The van der Waals surface area contributed by atoms with Crippen LogP contribution in [0.5, 0.6) is 0 Å². The van der Waals surface area contributed by atoms with Crippen LogP contribution in [0, 0.1) is 0 Å². The van der Waals surface area contributed by atoms with Gasteiger partial charge in [-0.1, -0.05) is 12.8 Å². The number of nitrogens with zero attached hydrogens (tertiary/aromatic N) is 1. The lowest BCUT2D eigenvalue weighted by Crippen LogP contribution is -2.49. The smallest absolute Gasteiger partial charge is 0.0774 e. The fraction of sp³-hybridized carbons (Fsp3) is 1.00. The lowest BCUT2D eigenvalue weighted by molar-refractivity contribution is 0.00256. The first-order valence-corrected chi connectivity index (χ1v) is 5.88. The normalized spacial score (nSPS) is 33.4. The van der Waals surface area contributed by atoms with E-state index in [9.17, 15) is 5.11 Å². The SMILES string of the molecule is NC1CCCN(CC2(O)CCCC2)C1. The summed E-state index contributed by atoms with van der Waals surface area (Å²) in [7, 11) is 0. The van der Waals surface area contributed by atoms with Crippen molar-refractivity contribution in [2.24, 2.45) is 5.73 Å². The fourth-order valence-corrected chi connectivity index (χ4v) is 2.84. The van der Waals surface area contributed by atoms with Gasteiger partial charge in [-0.3, -0.25) is 4.90 Å². The molecule has 0 aromatic carbocycles. The van der Waals surface area contributed by atoms with E-state index in [0.29, 0.717) is 6.04 Å². The second-order valence-electron chi connectivity index (χ2n) is 5.07. The molecule has 3 nitrogen and oxygen atoms in total. The van der Waals surface area contributed by atoms with Gasteiger partial charge in [-0.15, -0.1) is 0 Å². The van der Waals surface area contributed by atoms with Crippen LogP contribution in [0.25, 0.3) is 0 Å². The lowest BCUT2D eigenvalue weighted by Gasteiger charge is -2.36. The molecule has 0 aromatic heterocycles. The minimum Gasteiger partial charge on any atom is -0.389 e. The van der Waals surface area contributed by atoms with Crippen LogP contribution >= 0.6 is 0 Å². The van der Waals surface area contributed by atoms with Gasteiger partial charge in [0.05, 0.1) is 5.60 Å². The second kappa shape index (κ2) is 4.17. The number of hydrogen-bond donors (Lipinski definition) is 2. The summed E-state index contributed by atoms with van der Waals surface area (Å²) in [6.45, 7) is 2.94. The van der Waals surface area contributed by atoms with Crippen molar-refractivity contribution < 1.29 is 5.11 Å². The average Bonchev–Trinajstić information content (AvgIpc) is 2.51. The summed E-state index contributed by atoms with van der Waals surface area (Å²) in [5.41, 5.74) is 5.53. The quantitative estimate of drug-likeness (QED) is 0.687. The molecule has 1 saturated carbocycles. The van der Waals surface area contributed by atoms with E-state index in [-0.39, 0.29) is 0 Å². The minimum absolute atomic E-state index is 0.328. The molecule has 1 unspecified atom stereocenters. The highest BCUT2D eigenvalue weighted by Gasteiger charge is 2.33. The molecule has 1 heterocycles. The maximum absolute atomic E-state index is 10.2. The summed E-state index contributed by atoms with van der Waals surface area (Å²) < 4.78 is 0. The summed E-state index contributed by atoms with van der Waals surface area (Å²) >= 11 is 0. The van der Waals surface area contributed by atoms with E-state index >= 15 is 0 Å². The molecule has 3 N–H and O–H groups in total. The van der Waals surface area contributed by atoms with Crippen LogP contribution in [-0.4, -0.2) is 41.3 Å². The number of β-amino-alcohol motifs (C(OH)–C–C–N with tert-alkyl or cyclic N) is 1. The Balaban J connectivity index is 1.83. The molecular formula is C11H22N2O. The van der Waals surface area contributed by atoms with Crippen LogP contribution in [-0.2, 0) is 0 Å². The molecule has 2 rings (SSSR count). The first kappa shape index (κ1) is 10.4. The van der Waals surface area contributed by atoms with E-state index in [0.717, 1.165) is 38.9 Å². The molecule has 2 fully saturated rings. The van der Waals surface area contributed by atoms with Crippen molar-refractivity contribution in [1.29, 1.82) is 0 Å². The summed E-state index contributed by atoms with van der Waals surface area (Å²) in [6, 6.07) is 0.328. The summed E-state index contributed by atoms with van der Waals surface area (Å²) in [6.07, 6.45) is 6.69. The molecule has 0 aromatic rings. The molecule has 1 aliphatic heterocycles. The largest absolute Gasteiger partial charge is 0.389 e. The van der Waals surface area contributed by atoms with Crippen molar-refractivity contribution in [3.05, 3.63) is 0 Å². The number of hydrogen-bond acceptors (Lipinski definition) is 3. The molecule has 0 amide bonds. The molecule has 1 saturated heterocycles. The van der Waals surface area contributed by atoms with Gasteiger partial charge in [-0.2, -0.15) is 0 Å². The zero-order chi connectivity index (χ0) is 10.0.